The fourth-order valence-electron chi connectivity index (χ4n) is 3.77. The molecule has 37 heavy (non-hydrogen) atoms. The molecule has 1 atom stereocenters. The first-order valence-corrected chi connectivity index (χ1v) is 13.0. The minimum absolute atomic E-state index is 0.0318. The molecule has 0 aliphatic heterocycles. The molecular weight excluding hydrogens is 494 g/mol. The average Bonchev–Trinajstić information content (AvgIpc) is 2.94. The van der Waals surface area contributed by atoms with Crippen LogP contribution in [0.25, 0.3) is 0 Å². The standard InChI is InChI=1S/C27H31N3O6S/c1-20(27(32)28-2)29(18-21-10-8-12-23(16-21)35-3)26(31)19-30(22-11-9-13-24(17-22)36-4)37(33,34)25-14-6-5-7-15-25/h5-17,20H,18-19H2,1-4H3,(H,28,32)/t20-/m0/s1. The van der Waals surface area contributed by atoms with Crippen LogP contribution >= 0.6 is 0 Å². The van der Waals surface area contributed by atoms with Crippen LogP contribution in [-0.2, 0) is 26.2 Å². The lowest BCUT2D eigenvalue weighted by molar-refractivity contribution is -0.139. The van der Waals surface area contributed by atoms with Crippen molar-refractivity contribution in [3.05, 3.63) is 84.4 Å². The number of nitrogens with zero attached hydrogens (tertiary/aromatic N) is 2. The average molecular weight is 526 g/mol. The second-order valence-electron chi connectivity index (χ2n) is 8.19. The van der Waals surface area contributed by atoms with Crippen molar-refractivity contribution in [1.29, 1.82) is 0 Å². The van der Waals surface area contributed by atoms with Gasteiger partial charge in [-0.15, -0.1) is 0 Å². The molecule has 10 heteroatoms. The van der Waals surface area contributed by atoms with Crippen LogP contribution in [0.5, 0.6) is 11.5 Å². The highest BCUT2D eigenvalue weighted by molar-refractivity contribution is 7.92. The van der Waals surface area contributed by atoms with Gasteiger partial charge in [0, 0.05) is 19.7 Å². The van der Waals surface area contributed by atoms with E-state index in [0.717, 1.165) is 9.87 Å². The Morgan fingerprint density at radius 2 is 1.51 bits per heavy atom. The number of rotatable bonds is 11. The third-order valence-corrected chi connectivity index (χ3v) is 7.64. The topological polar surface area (TPSA) is 105 Å². The summed E-state index contributed by atoms with van der Waals surface area (Å²) in [7, 11) is 0.359. The molecule has 2 amide bonds. The summed E-state index contributed by atoms with van der Waals surface area (Å²) in [6.07, 6.45) is 0. The van der Waals surface area contributed by atoms with Crippen LogP contribution in [0.4, 0.5) is 5.69 Å². The summed E-state index contributed by atoms with van der Waals surface area (Å²) in [6.45, 7) is 1.14. The molecule has 3 rings (SSSR count). The van der Waals surface area contributed by atoms with E-state index >= 15 is 0 Å². The van der Waals surface area contributed by atoms with Crippen LogP contribution in [0, 0.1) is 0 Å². The van der Waals surface area contributed by atoms with E-state index in [-0.39, 0.29) is 23.0 Å². The monoisotopic (exact) mass is 525 g/mol. The minimum atomic E-state index is -4.13. The quantitative estimate of drug-likeness (QED) is 0.413. The summed E-state index contributed by atoms with van der Waals surface area (Å²) < 4.78 is 39.0. The van der Waals surface area contributed by atoms with E-state index in [9.17, 15) is 18.0 Å². The van der Waals surface area contributed by atoms with Crippen LogP contribution in [0.2, 0.25) is 0 Å². The van der Waals surface area contributed by atoms with E-state index in [2.05, 4.69) is 5.32 Å². The zero-order valence-electron chi connectivity index (χ0n) is 21.2. The van der Waals surface area contributed by atoms with Gasteiger partial charge >= 0.3 is 0 Å². The minimum Gasteiger partial charge on any atom is -0.497 e. The van der Waals surface area contributed by atoms with Crippen LogP contribution in [0.1, 0.15) is 12.5 Å². The van der Waals surface area contributed by atoms with Crippen LogP contribution in [0.3, 0.4) is 0 Å². The van der Waals surface area contributed by atoms with Crippen molar-refractivity contribution in [3.63, 3.8) is 0 Å². The Hall–Kier alpha value is -4.05. The molecule has 0 aromatic heterocycles. The number of carbonyl (C=O) groups is 2. The third-order valence-electron chi connectivity index (χ3n) is 5.85. The number of carbonyl (C=O) groups excluding carboxylic acids is 2. The number of nitrogens with one attached hydrogen (secondary N) is 1. The normalized spacial score (nSPS) is 11.8. The van der Waals surface area contributed by atoms with Crippen molar-refractivity contribution in [3.8, 4) is 11.5 Å². The molecule has 0 saturated carbocycles. The molecule has 0 aliphatic rings. The second kappa shape index (κ2) is 12.3. The van der Waals surface area contributed by atoms with Gasteiger partial charge in [-0.1, -0.05) is 36.4 Å². The molecule has 0 bridgehead atoms. The number of sulfonamides is 1. The molecule has 0 unspecified atom stereocenters. The van der Waals surface area contributed by atoms with Crippen molar-refractivity contribution in [1.82, 2.24) is 10.2 Å². The zero-order valence-corrected chi connectivity index (χ0v) is 22.1. The molecule has 0 fully saturated rings. The maximum Gasteiger partial charge on any atom is 0.264 e. The van der Waals surface area contributed by atoms with E-state index < -0.39 is 28.5 Å². The molecule has 9 nitrogen and oxygen atoms in total. The first-order chi connectivity index (χ1) is 17.7. The molecule has 0 saturated heterocycles. The van der Waals surface area contributed by atoms with Gasteiger partial charge in [-0.05, 0) is 48.9 Å². The molecular formula is C27H31N3O6S. The lowest BCUT2D eigenvalue weighted by atomic mass is 10.1. The van der Waals surface area contributed by atoms with Gasteiger partial charge in [0.1, 0.15) is 24.1 Å². The predicted molar refractivity (Wildman–Crippen MR) is 141 cm³/mol. The Bertz CT molecular complexity index is 1330. The fraction of sp³-hybridized carbons (Fsp3) is 0.259. The Balaban J connectivity index is 2.04. The number of hydrogen-bond donors (Lipinski definition) is 1. The maximum atomic E-state index is 13.8. The van der Waals surface area contributed by atoms with Gasteiger partial charge in [0.05, 0.1) is 24.8 Å². The molecule has 196 valence electrons. The second-order valence-corrected chi connectivity index (χ2v) is 10.1. The molecule has 3 aromatic rings. The number of benzene rings is 3. The summed E-state index contributed by atoms with van der Waals surface area (Å²) in [5, 5.41) is 2.56. The molecule has 0 aliphatic carbocycles. The number of ether oxygens (including phenoxy) is 2. The van der Waals surface area contributed by atoms with Gasteiger partial charge in [0.25, 0.3) is 10.0 Å². The van der Waals surface area contributed by atoms with E-state index in [1.54, 1.807) is 73.7 Å². The van der Waals surface area contributed by atoms with Crippen LogP contribution < -0.4 is 19.1 Å². The zero-order chi connectivity index (χ0) is 27.0. The SMILES string of the molecule is CNC(=O)[C@H](C)N(Cc1cccc(OC)c1)C(=O)CN(c1cccc(OC)c1)S(=O)(=O)c1ccccc1. The molecule has 3 aromatic carbocycles. The molecule has 0 radical (unpaired) electrons. The Kier molecular flexibility index (Phi) is 9.13. The highest BCUT2D eigenvalue weighted by Gasteiger charge is 2.32. The molecule has 0 heterocycles. The highest BCUT2D eigenvalue weighted by atomic mass is 32.2. The lowest BCUT2D eigenvalue weighted by Gasteiger charge is -2.32. The first-order valence-electron chi connectivity index (χ1n) is 11.6. The van der Waals surface area contributed by atoms with Gasteiger partial charge in [0.15, 0.2) is 0 Å². The summed E-state index contributed by atoms with van der Waals surface area (Å²) in [4.78, 5) is 27.7. The number of hydrogen-bond acceptors (Lipinski definition) is 6. The fourth-order valence-corrected chi connectivity index (χ4v) is 5.20. The van der Waals surface area contributed by atoms with Crippen molar-refractivity contribution in [2.75, 3.05) is 32.1 Å². The number of anilines is 1. The Labute approximate surface area is 217 Å². The number of methoxy groups -OCH3 is 2. The summed E-state index contributed by atoms with van der Waals surface area (Å²) >= 11 is 0. The number of amides is 2. The van der Waals surface area contributed by atoms with Gasteiger partial charge in [-0.3, -0.25) is 13.9 Å². The van der Waals surface area contributed by atoms with Crippen molar-refractivity contribution in [2.24, 2.45) is 0 Å². The van der Waals surface area contributed by atoms with Crippen molar-refractivity contribution >= 4 is 27.5 Å². The summed E-state index contributed by atoms with van der Waals surface area (Å²) in [5.74, 6) is 0.101. The van der Waals surface area contributed by atoms with Gasteiger partial charge < -0.3 is 19.7 Å². The van der Waals surface area contributed by atoms with Gasteiger partial charge in [0.2, 0.25) is 11.8 Å². The van der Waals surface area contributed by atoms with Gasteiger partial charge in [-0.25, -0.2) is 8.42 Å². The van der Waals surface area contributed by atoms with Gasteiger partial charge in [-0.2, -0.15) is 0 Å². The van der Waals surface area contributed by atoms with E-state index in [1.165, 1.54) is 38.3 Å². The van der Waals surface area contributed by atoms with Crippen molar-refractivity contribution in [2.45, 2.75) is 24.4 Å². The molecule has 1 N–H and O–H groups in total. The first kappa shape index (κ1) is 27.5. The number of likely N-dealkylation sites (N-methyl/N-ethyl adjacent to an activating group) is 1. The maximum absolute atomic E-state index is 13.8. The Morgan fingerprint density at radius 1 is 0.892 bits per heavy atom. The van der Waals surface area contributed by atoms with E-state index in [1.807, 2.05) is 0 Å². The van der Waals surface area contributed by atoms with Crippen LogP contribution in [0.15, 0.2) is 83.8 Å². The smallest absolute Gasteiger partial charge is 0.264 e. The third kappa shape index (κ3) is 6.59. The van der Waals surface area contributed by atoms with Crippen LogP contribution in [-0.4, -0.2) is 59.0 Å². The summed E-state index contributed by atoms with van der Waals surface area (Å²) in [6, 6.07) is 20.6. The largest absolute Gasteiger partial charge is 0.497 e. The summed E-state index contributed by atoms with van der Waals surface area (Å²) in [5.41, 5.74) is 0.979. The van der Waals surface area contributed by atoms with E-state index in [4.69, 9.17) is 9.47 Å². The van der Waals surface area contributed by atoms with Crippen molar-refractivity contribution < 1.29 is 27.5 Å². The molecule has 0 spiro atoms. The highest BCUT2D eigenvalue weighted by Crippen LogP contribution is 2.27. The Morgan fingerprint density at radius 3 is 2.14 bits per heavy atom. The van der Waals surface area contributed by atoms with E-state index in [0.29, 0.717) is 11.5 Å². The predicted octanol–water partition coefficient (Wildman–Crippen LogP) is 3.06. The lowest BCUT2D eigenvalue weighted by Crippen LogP contribution is -2.50.